The number of thiocarbonyl (C=S) groups is 2. The van der Waals surface area contributed by atoms with E-state index in [-0.39, 0.29) is 67.1 Å². The van der Waals surface area contributed by atoms with Crippen molar-refractivity contribution in [1.82, 2.24) is 9.80 Å². The number of anilines is 2. The summed E-state index contributed by atoms with van der Waals surface area (Å²) in [7, 11) is 0. The number of carbonyl (C=O) groups excluding carboxylic acids is 4. The third-order valence-corrected chi connectivity index (χ3v) is 8.99. The highest BCUT2D eigenvalue weighted by Gasteiger charge is 2.42. The van der Waals surface area contributed by atoms with E-state index in [1.54, 1.807) is 0 Å². The molecule has 0 saturated carbocycles. The molecule has 2 aliphatic rings. The maximum atomic E-state index is 13.1. The van der Waals surface area contributed by atoms with Gasteiger partial charge in [-0.15, -0.1) is 0 Å². The number of benzene rings is 2. The maximum absolute atomic E-state index is 13.1. The Bertz CT molecular complexity index is 1580. The van der Waals surface area contributed by atoms with E-state index in [2.05, 4.69) is 10.6 Å². The molecule has 228 valence electrons. The minimum absolute atomic E-state index is 0.00326. The Balaban J connectivity index is 1.34. The van der Waals surface area contributed by atoms with E-state index >= 15 is 0 Å². The van der Waals surface area contributed by atoms with E-state index in [0.29, 0.717) is 0 Å². The zero-order chi connectivity index (χ0) is 32.3. The lowest BCUT2D eigenvalue weighted by molar-refractivity contribution is -0.385. The van der Waals surface area contributed by atoms with Crippen LogP contribution < -0.4 is 10.6 Å². The number of amides is 4. The van der Waals surface area contributed by atoms with Crippen LogP contribution in [0.2, 0.25) is 0 Å². The highest BCUT2D eigenvalue weighted by atomic mass is 32.2. The molecule has 2 aliphatic heterocycles. The summed E-state index contributed by atoms with van der Waals surface area (Å²) in [5.74, 6) is -3.51. The first-order chi connectivity index (χ1) is 20.8. The van der Waals surface area contributed by atoms with Crippen molar-refractivity contribution >= 4 is 103 Å². The van der Waals surface area contributed by atoms with Gasteiger partial charge in [-0.3, -0.25) is 49.2 Å². The number of nitro benzene ring substituents is 2. The molecule has 2 fully saturated rings. The first kappa shape index (κ1) is 32.3. The largest absolute Gasteiger partial charge is 0.506 e. The molecule has 2 heterocycles. The Hall–Kier alpha value is -4.66. The lowest BCUT2D eigenvalue weighted by atomic mass is 10.2. The van der Waals surface area contributed by atoms with Gasteiger partial charge in [0.05, 0.1) is 43.2 Å². The fourth-order valence-corrected chi connectivity index (χ4v) is 6.56. The van der Waals surface area contributed by atoms with Crippen LogP contribution in [0.5, 0.6) is 11.5 Å². The normalized spacial score (nSPS) is 16.5. The van der Waals surface area contributed by atoms with Crippen LogP contribution in [-0.4, -0.2) is 75.2 Å². The number of thioether (sulfide) groups is 2. The third kappa shape index (κ3) is 7.10. The number of carbonyl (C=O) groups is 4. The van der Waals surface area contributed by atoms with Gasteiger partial charge in [0.15, 0.2) is 0 Å². The summed E-state index contributed by atoms with van der Waals surface area (Å²) in [6.07, 6.45) is -0.507. The minimum atomic E-state index is -0.706. The van der Waals surface area contributed by atoms with Gasteiger partial charge in [0, 0.05) is 38.1 Å². The molecule has 0 radical (unpaired) electrons. The Labute approximate surface area is 265 Å². The fourth-order valence-electron chi connectivity index (χ4n) is 3.79. The van der Waals surface area contributed by atoms with Crippen molar-refractivity contribution in [2.24, 2.45) is 0 Å². The van der Waals surface area contributed by atoms with Gasteiger partial charge in [-0.05, 0) is 12.1 Å². The average molecular weight is 679 g/mol. The van der Waals surface area contributed by atoms with Crippen LogP contribution in [0.1, 0.15) is 12.8 Å². The molecule has 0 atom stereocenters. The van der Waals surface area contributed by atoms with E-state index in [1.165, 1.54) is 0 Å². The number of non-ortho nitro benzene ring substituents is 2. The Kier molecular flexibility index (Phi) is 9.77. The van der Waals surface area contributed by atoms with Crippen LogP contribution in [0.4, 0.5) is 22.7 Å². The van der Waals surface area contributed by atoms with Gasteiger partial charge < -0.3 is 20.8 Å². The maximum Gasteiger partial charge on any atom is 0.273 e. The summed E-state index contributed by atoms with van der Waals surface area (Å²) in [4.78, 5) is 73.6. The molecular formula is C24H18N6O10S4. The summed E-state index contributed by atoms with van der Waals surface area (Å²) >= 11 is 12.2. The van der Waals surface area contributed by atoms with Crippen LogP contribution in [-0.2, 0) is 19.2 Å². The number of hydrogen-bond acceptors (Lipinski definition) is 14. The predicted molar refractivity (Wildman–Crippen MR) is 167 cm³/mol. The molecule has 20 heteroatoms. The standard InChI is InChI=1S/C24H18N6O10S4/c31-15-9-11(29(37)38)1-3-13(15)25-17(33)5-7-27-21(35)19(43-23(27)41)20-22(36)28(24(42)44-20)8-6-18(34)26-14-4-2-12(30(39)40)10-16(14)32/h1-4,9-10,31-32H,5-8H2,(H,25,33)(H,26,34). The predicted octanol–water partition coefficient (Wildman–Crippen LogP) is 3.20. The van der Waals surface area contributed by atoms with E-state index in [1.807, 2.05) is 0 Å². The molecule has 0 unspecified atom stereocenters. The number of hydrogen-bond donors (Lipinski definition) is 4. The number of rotatable bonds is 10. The van der Waals surface area contributed by atoms with Gasteiger partial charge in [0.1, 0.15) is 20.1 Å². The third-order valence-electron chi connectivity index (χ3n) is 5.96. The van der Waals surface area contributed by atoms with Gasteiger partial charge >= 0.3 is 0 Å². The second-order valence-electron chi connectivity index (χ2n) is 8.82. The van der Waals surface area contributed by atoms with E-state index in [4.69, 9.17) is 24.4 Å². The van der Waals surface area contributed by atoms with Crippen LogP contribution in [0.3, 0.4) is 0 Å². The van der Waals surface area contributed by atoms with Gasteiger partial charge in [-0.1, -0.05) is 48.0 Å². The zero-order valence-corrected chi connectivity index (χ0v) is 25.1. The van der Waals surface area contributed by atoms with Crippen molar-refractivity contribution in [1.29, 1.82) is 0 Å². The molecule has 0 aromatic heterocycles. The summed E-state index contributed by atoms with van der Waals surface area (Å²) in [5, 5.41) is 46.3. The van der Waals surface area contributed by atoms with Crippen LogP contribution >= 0.6 is 48.0 Å². The van der Waals surface area contributed by atoms with Crippen molar-refractivity contribution < 1.29 is 39.2 Å². The summed E-state index contributed by atoms with van der Waals surface area (Å²) in [5.41, 5.74) is -0.857. The van der Waals surface area contributed by atoms with Crippen LogP contribution in [0.25, 0.3) is 0 Å². The van der Waals surface area contributed by atoms with Crippen LogP contribution in [0.15, 0.2) is 46.2 Å². The number of aromatic hydroxyl groups is 2. The van der Waals surface area contributed by atoms with Gasteiger partial charge in [-0.25, -0.2) is 0 Å². The lowest BCUT2D eigenvalue weighted by Crippen LogP contribution is -2.33. The topological polar surface area (TPSA) is 226 Å². The zero-order valence-electron chi connectivity index (χ0n) is 21.9. The monoisotopic (exact) mass is 678 g/mol. The first-order valence-electron chi connectivity index (χ1n) is 12.1. The summed E-state index contributed by atoms with van der Waals surface area (Å²) < 4.78 is 0.173. The molecule has 4 N–H and O–H groups in total. The molecule has 44 heavy (non-hydrogen) atoms. The second-order valence-corrected chi connectivity index (χ2v) is 12.1. The van der Waals surface area contributed by atoms with Crippen molar-refractivity contribution in [3.63, 3.8) is 0 Å². The molecule has 0 bridgehead atoms. The van der Waals surface area contributed by atoms with Crippen LogP contribution in [0, 0.1) is 20.2 Å². The van der Waals surface area contributed by atoms with Gasteiger partial charge in [0.2, 0.25) is 11.8 Å². The molecule has 16 nitrogen and oxygen atoms in total. The van der Waals surface area contributed by atoms with Gasteiger partial charge in [0.25, 0.3) is 23.2 Å². The molecule has 2 saturated heterocycles. The molecule has 0 spiro atoms. The number of nitro groups is 2. The van der Waals surface area contributed by atoms with E-state index < -0.39 is 45.0 Å². The molecule has 4 amide bonds. The minimum Gasteiger partial charge on any atom is -0.506 e. The highest BCUT2D eigenvalue weighted by Crippen LogP contribution is 2.42. The number of nitrogens with zero attached hydrogens (tertiary/aromatic N) is 4. The summed E-state index contributed by atoms with van der Waals surface area (Å²) in [6, 6.07) is 6.29. The van der Waals surface area contributed by atoms with Crippen molar-refractivity contribution in [3.8, 4) is 11.5 Å². The molecule has 2 aromatic rings. The van der Waals surface area contributed by atoms with E-state index in [9.17, 15) is 49.6 Å². The first-order valence-corrected chi connectivity index (χ1v) is 14.6. The second kappa shape index (κ2) is 13.3. The SMILES string of the molecule is O=C(CCN1C(=O)C(=C2SC(=S)N(CCC(=O)Nc3ccc([N+](=O)[O-])cc3O)C2=O)SC1=S)Nc1ccc([N+](=O)[O-])cc1O. The highest BCUT2D eigenvalue weighted by molar-refractivity contribution is 8.29. The number of phenolic OH excluding ortho intramolecular Hbond substituents is 2. The Morgan fingerprint density at radius 1 is 0.750 bits per heavy atom. The lowest BCUT2D eigenvalue weighted by Gasteiger charge is -2.15. The van der Waals surface area contributed by atoms with Crippen molar-refractivity contribution in [3.05, 3.63) is 66.4 Å². The fraction of sp³-hybridized carbons (Fsp3) is 0.167. The van der Waals surface area contributed by atoms with Gasteiger partial charge in [-0.2, -0.15) is 0 Å². The number of phenols is 2. The molecule has 0 aliphatic carbocycles. The Morgan fingerprint density at radius 2 is 1.11 bits per heavy atom. The average Bonchev–Trinajstić information content (AvgIpc) is 3.40. The Morgan fingerprint density at radius 3 is 1.43 bits per heavy atom. The summed E-state index contributed by atoms with van der Waals surface area (Å²) in [6.45, 7) is -0.326. The molecule has 2 aromatic carbocycles. The smallest absolute Gasteiger partial charge is 0.273 e. The molecular weight excluding hydrogens is 661 g/mol. The van der Waals surface area contributed by atoms with E-state index in [0.717, 1.165) is 69.7 Å². The van der Waals surface area contributed by atoms with Crippen molar-refractivity contribution in [2.45, 2.75) is 12.8 Å². The number of nitrogens with one attached hydrogen (secondary N) is 2. The molecule has 4 rings (SSSR count). The quantitative estimate of drug-likeness (QED) is 0.0931. The van der Waals surface area contributed by atoms with Crippen molar-refractivity contribution in [2.75, 3.05) is 23.7 Å².